The van der Waals surface area contributed by atoms with Crippen molar-refractivity contribution in [1.82, 2.24) is 9.97 Å². The first-order valence-corrected chi connectivity index (χ1v) is 12.4. The molecule has 6 nitrogen and oxygen atoms in total. The Hall–Kier alpha value is -2.61. The maximum absolute atomic E-state index is 13.5. The quantitative estimate of drug-likeness (QED) is 0.522. The third kappa shape index (κ3) is 4.33. The smallest absolute Gasteiger partial charge is 0.208 e. The molecule has 0 bridgehead atoms. The molecule has 2 aromatic heterocycles. The van der Waals surface area contributed by atoms with E-state index in [1.54, 1.807) is 6.20 Å². The van der Waals surface area contributed by atoms with Crippen LogP contribution in [0, 0.1) is 18.8 Å². The molecule has 0 unspecified atom stereocenters. The van der Waals surface area contributed by atoms with Gasteiger partial charge >= 0.3 is 0 Å². The number of fused-ring (bicyclic) bond motifs is 1. The van der Waals surface area contributed by atoms with Crippen LogP contribution in [0.1, 0.15) is 62.7 Å². The van der Waals surface area contributed by atoms with Gasteiger partial charge in [-0.2, -0.15) is 0 Å². The van der Waals surface area contributed by atoms with Crippen LogP contribution in [0.3, 0.4) is 0 Å². The first kappa shape index (κ1) is 22.2. The lowest BCUT2D eigenvalue weighted by Crippen LogP contribution is -2.20. The van der Waals surface area contributed by atoms with Crippen molar-refractivity contribution in [2.45, 2.75) is 45.3 Å². The van der Waals surface area contributed by atoms with Crippen LogP contribution in [0.25, 0.3) is 0 Å². The number of hydrogen-bond acceptors (Lipinski definition) is 7. The molecule has 0 saturated heterocycles. The van der Waals surface area contributed by atoms with Gasteiger partial charge in [0.05, 0.1) is 17.0 Å². The molecule has 0 spiro atoms. The van der Waals surface area contributed by atoms with Crippen molar-refractivity contribution in [3.05, 3.63) is 74.9 Å². The molecule has 33 heavy (non-hydrogen) atoms. The highest BCUT2D eigenvalue weighted by Crippen LogP contribution is 2.38. The highest BCUT2D eigenvalue weighted by molar-refractivity contribution is 7.14. The Balaban J connectivity index is 1.41. The summed E-state index contributed by atoms with van der Waals surface area (Å²) in [6.45, 7) is 5.08. The Bertz CT molecular complexity index is 1160. The predicted octanol–water partition coefficient (Wildman–Crippen LogP) is 4.56. The number of anilines is 1. The number of thiophene rings is 1. The minimum absolute atomic E-state index is 0.0775. The number of nitrogens with zero attached hydrogens (tertiary/aromatic N) is 2. The Kier molecular flexibility index (Phi) is 6.27. The lowest BCUT2D eigenvalue weighted by atomic mass is 9.93. The van der Waals surface area contributed by atoms with Gasteiger partial charge < -0.3 is 15.2 Å². The van der Waals surface area contributed by atoms with E-state index in [1.165, 1.54) is 28.8 Å². The van der Waals surface area contributed by atoms with Crippen molar-refractivity contribution >= 4 is 22.9 Å². The largest absolute Gasteiger partial charge is 0.396 e. The van der Waals surface area contributed by atoms with E-state index in [0.717, 1.165) is 29.7 Å². The normalized spacial score (nSPS) is 24.5. The number of benzene rings is 1. The van der Waals surface area contributed by atoms with Crippen molar-refractivity contribution in [2.24, 2.45) is 11.8 Å². The fraction of sp³-hybridized carbons (Fsp3) is 0.423. The van der Waals surface area contributed by atoms with E-state index in [-0.39, 0.29) is 30.5 Å². The molecule has 172 valence electrons. The molecule has 1 aliphatic heterocycles. The highest BCUT2D eigenvalue weighted by atomic mass is 32.1. The number of rotatable bonds is 6. The number of aliphatic hydroxyl groups excluding tert-OH is 1. The first-order valence-electron chi connectivity index (χ1n) is 11.6. The van der Waals surface area contributed by atoms with E-state index >= 15 is 0 Å². The van der Waals surface area contributed by atoms with E-state index in [2.05, 4.69) is 40.4 Å². The van der Waals surface area contributed by atoms with Crippen LogP contribution >= 0.6 is 11.3 Å². The van der Waals surface area contributed by atoms with Gasteiger partial charge in [0.2, 0.25) is 5.78 Å². The van der Waals surface area contributed by atoms with Crippen LogP contribution in [0.4, 0.5) is 5.82 Å². The van der Waals surface area contributed by atoms with Crippen LogP contribution in [0.2, 0.25) is 0 Å². The number of aliphatic hydroxyl groups is 1. The Morgan fingerprint density at radius 2 is 2.12 bits per heavy atom. The average molecular weight is 464 g/mol. The molecule has 1 saturated carbocycles. The van der Waals surface area contributed by atoms with E-state index < -0.39 is 0 Å². The second-order valence-corrected chi connectivity index (χ2v) is 10.4. The summed E-state index contributed by atoms with van der Waals surface area (Å²) >= 11 is 1.50. The molecule has 4 atom stereocenters. The van der Waals surface area contributed by atoms with E-state index in [0.29, 0.717) is 28.8 Å². The number of hydrogen-bond donors (Lipinski definition) is 2. The lowest BCUT2D eigenvalue weighted by molar-refractivity contribution is 0.0697. The monoisotopic (exact) mass is 463 g/mol. The van der Waals surface area contributed by atoms with Gasteiger partial charge in [-0.3, -0.25) is 4.79 Å². The number of aromatic nitrogens is 2. The molecule has 7 heteroatoms. The average Bonchev–Trinajstić information content (AvgIpc) is 3.40. The molecule has 2 aliphatic rings. The summed E-state index contributed by atoms with van der Waals surface area (Å²) in [5, 5.41) is 13.0. The van der Waals surface area contributed by atoms with Gasteiger partial charge in [0.1, 0.15) is 18.2 Å². The fourth-order valence-electron chi connectivity index (χ4n) is 5.16. The Morgan fingerprint density at radius 3 is 2.94 bits per heavy atom. The Morgan fingerprint density at radius 1 is 1.27 bits per heavy atom. The SMILES string of the molecule is Cc1sc(C(=O)c2cncnc2N[C@@H]2C[C@H](CO)[C@@H](C)C2)cc1[C@@H]1OCCc2ccccc21. The molecular weight excluding hydrogens is 434 g/mol. The number of ketones is 1. The molecule has 3 heterocycles. The maximum atomic E-state index is 13.5. The van der Waals surface area contributed by atoms with Crippen molar-refractivity contribution in [2.75, 3.05) is 18.5 Å². The number of ether oxygens (including phenoxy) is 1. The van der Waals surface area contributed by atoms with Gasteiger partial charge in [-0.05, 0) is 60.8 Å². The summed E-state index contributed by atoms with van der Waals surface area (Å²) in [6.07, 6.45) is 5.65. The standard InChI is InChI=1S/C26H29N3O3S/c1-15-9-19(10-18(15)13-30)29-26-22(12-27-14-28-26)24(31)23-11-21(16(2)33-23)25-20-6-4-3-5-17(20)7-8-32-25/h3-6,11-12,14-15,18-19,25,30H,7-10,13H2,1-2H3,(H,27,28,29)/t15-,18+,19-,25+/m0/s1. The van der Waals surface area contributed by atoms with Crippen LogP contribution in [-0.4, -0.2) is 40.1 Å². The minimum atomic E-state index is -0.146. The van der Waals surface area contributed by atoms with Crippen LogP contribution < -0.4 is 5.32 Å². The molecule has 1 aliphatic carbocycles. The number of carbonyl (C=O) groups is 1. The lowest BCUT2D eigenvalue weighted by Gasteiger charge is -2.26. The zero-order valence-corrected chi connectivity index (χ0v) is 19.8. The third-order valence-electron chi connectivity index (χ3n) is 7.04. The minimum Gasteiger partial charge on any atom is -0.396 e. The summed E-state index contributed by atoms with van der Waals surface area (Å²) < 4.78 is 6.15. The number of nitrogens with one attached hydrogen (secondary N) is 1. The zero-order valence-electron chi connectivity index (χ0n) is 19.0. The van der Waals surface area contributed by atoms with Crippen LogP contribution in [-0.2, 0) is 11.2 Å². The fourth-order valence-corrected chi connectivity index (χ4v) is 6.17. The molecule has 2 N–H and O–H groups in total. The van der Waals surface area contributed by atoms with Crippen LogP contribution in [0.15, 0.2) is 42.9 Å². The second-order valence-electron chi connectivity index (χ2n) is 9.17. The topological polar surface area (TPSA) is 84.3 Å². The molecule has 1 aromatic carbocycles. The summed E-state index contributed by atoms with van der Waals surface area (Å²) in [5.74, 6) is 1.21. The molecule has 1 fully saturated rings. The van der Waals surface area contributed by atoms with Crippen molar-refractivity contribution in [1.29, 1.82) is 0 Å². The van der Waals surface area contributed by atoms with Gasteiger partial charge in [-0.25, -0.2) is 9.97 Å². The summed E-state index contributed by atoms with van der Waals surface area (Å²) in [5.41, 5.74) is 4.03. The van der Waals surface area contributed by atoms with Gasteiger partial charge in [0, 0.05) is 23.7 Å². The predicted molar refractivity (Wildman–Crippen MR) is 129 cm³/mol. The Labute approximate surface area is 198 Å². The highest BCUT2D eigenvalue weighted by Gasteiger charge is 2.32. The molecule has 0 amide bonds. The van der Waals surface area contributed by atoms with Gasteiger partial charge in [-0.15, -0.1) is 11.3 Å². The maximum Gasteiger partial charge on any atom is 0.208 e. The summed E-state index contributed by atoms with van der Waals surface area (Å²) in [7, 11) is 0. The van der Waals surface area contributed by atoms with Gasteiger partial charge in [-0.1, -0.05) is 31.2 Å². The second kappa shape index (κ2) is 9.33. The third-order valence-corrected chi connectivity index (χ3v) is 8.10. The van der Waals surface area contributed by atoms with E-state index in [9.17, 15) is 9.90 Å². The van der Waals surface area contributed by atoms with Gasteiger partial charge in [0.25, 0.3) is 0 Å². The molecule has 0 radical (unpaired) electrons. The zero-order chi connectivity index (χ0) is 22.9. The molecular formula is C26H29N3O3S. The van der Waals surface area contributed by atoms with Crippen molar-refractivity contribution < 1.29 is 14.6 Å². The molecule has 3 aromatic rings. The number of carbonyl (C=O) groups excluding carboxylic acids is 1. The van der Waals surface area contributed by atoms with E-state index in [1.807, 2.05) is 19.1 Å². The van der Waals surface area contributed by atoms with Crippen LogP contribution in [0.5, 0.6) is 0 Å². The van der Waals surface area contributed by atoms with Crippen molar-refractivity contribution in [3.8, 4) is 0 Å². The van der Waals surface area contributed by atoms with E-state index in [4.69, 9.17) is 4.74 Å². The van der Waals surface area contributed by atoms with Gasteiger partial charge in [0.15, 0.2) is 0 Å². The van der Waals surface area contributed by atoms with Crippen molar-refractivity contribution in [3.63, 3.8) is 0 Å². The first-order chi connectivity index (χ1) is 16.0. The summed E-state index contributed by atoms with van der Waals surface area (Å²) in [4.78, 5) is 23.8. The molecule has 5 rings (SSSR count). The summed E-state index contributed by atoms with van der Waals surface area (Å²) in [6, 6.07) is 10.5. The number of aryl methyl sites for hydroxylation is 1.